The van der Waals surface area contributed by atoms with Crippen molar-refractivity contribution in [2.24, 2.45) is 5.73 Å². The summed E-state index contributed by atoms with van der Waals surface area (Å²) in [6, 6.07) is 8.59. The maximum Gasteiger partial charge on any atom is 0.228 e. The lowest BCUT2D eigenvalue weighted by atomic mass is 9.94. The Kier molecular flexibility index (Phi) is 8.75. The molecule has 0 saturated heterocycles. The number of aromatic nitrogens is 1. The summed E-state index contributed by atoms with van der Waals surface area (Å²) in [5.41, 5.74) is 7.67. The Hall–Kier alpha value is -3.21. The highest BCUT2D eigenvalue weighted by molar-refractivity contribution is 7.93. The van der Waals surface area contributed by atoms with Gasteiger partial charge in [0.2, 0.25) is 13.3 Å². The number of carbonyl (C=O) groups is 1. The number of nitrogens with zero attached hydrogens (tertiary/aromatic N) is 1. The zero-order valence-electron chi connectivity index (χ0n) is 18.8. The van der Waals surface area contributed by atoms with E-state index in [0.29, 0.717) is 36.6 Å². The van der Waals surface area contributed by atoms with Crippen LogP contribution in [-0.2, 0) is 14.6 Å². The SMILES string of the molecule is CC(C)(C(=N)N)S(=O)(=O)CC1CCOc2ccc(NC=O)cc21.Cc1ccc(OCF)cn1. The highest BCUT2D eigenvalue weighted by Gasteiger charge is 2.40. The van der Waals surface area contributed by atoms with E-state index in [2.05, 4.69) is 15.0 Å². The zero-order chi connectivity index (χ0) is 24.6. The minimum Gasteiger partial charge on any atom is -0.493 e. The molecular weight excluding hydrogens is 451 g/mol. The van der Waals surface area contributed by atoms with Crippen LogP contribution in [0.2, 0.25) is 0 Å². The fraction of sp³-hybridized carbons (Fsp3) is 0.409. The van der Waals surface area contributed by atoms with Gasteiger partial charge < -0.3 is 20.5 Å². The lowest BCUT2D eigenvalue weighted by Gasteiger charge is -2.30. The van der Waals surface area contributed by atoms with Gasteiger partial charge in [-0.25, -0.2) is 12.8 Å². The molecule has 11 heteroatoms. The van der Waals surface area contributed by atoms with E-state index >= 15 is 0 Å². The largest absolute Gasteiger partial charge is 0.493 e. The number of rotatable bonds is 8. The lowest BCUT2D eigenvalue weighted by molar-refractivity contribution is -0.105. The summed E-state index contributed by atoms with van der Waals surface area (Å²) < 4.78 is 45.5. The van der Waals surface area contributed by atoms with Crippen LogP contribution < -0.4 is 20.5 Å². The van der Waals surface area contributed by atoms with Crippen molar-refractivity contribution in [1.29, 1.82) is 5.41 Å². The number of alkyl halides is 1. The smallest absolute Gasteiger partial charge is 0.228 e. The van der Waals surface area contributed by atoms with Gasteiger partial charge in [0.1, 0.15) is 22.1 Å². The molecule has 0 saturated carbocycles. The predicted molar refractivity (Wildman–Crippen MR) is 124 cm³/mol. The van der Waals surface area contributed by atoms with Crippen LogP contribution in [0.5, 0.6) is 11.5 Å². The van der Waals surface area contributed by atoms with Crippen molar-refractivity contribution in [3.05, 3.63) is 47.8 Å². The summed E-state index contributed by atoms with van der Waals surface area (Å²) in [5.74, 6) is 0.319. The Morgan fingerprint density at radius 2 is 2.12 bits per heavy atom. The third kappa shape index (κ3) is 6.64. The van der Waals surface area contributed by atoms with E-state index in [9.17, 15) is 17.6 Å². The predicted octanol–water partition coefficient (Wildman–Crippen LogP) is 2.95. The molecule has 0 radical (unpaired) electrons. The zero-order valence-corrected chi connectivity index (χ0v) is 19.6. The summed E-state index contributed by atoms with van der Waals surface area (Å²) in [7, 11) is -3.62. The third-order valence-corrected chi connectivity index (χ3v) is 7.97. The molecule has 1 aromatic heterocycles. The van der Waals surface area contributed by atoms with Crippen molar-refractivity contribution in [3.63, 3.8) is 0 Å². The van der Waals surface area contributed by atoms with Crippen molar-refractivity contribution in [2.75, 3.05) is 24.5 Å². The van der Waals surface area contributed by atoms with Crippen molar-refractivity contribution >= 4 is 27.8 Å². The first kappa shape index (κ1) is 26.0. The van der Waals surface area contributed by atoms with Gasteiger partial charge in [0.25, 0.3) is 0 Å². The van der Waals surface area contributed by atoms with Crippen molar-refractivity contribution in [2.45, 2.75) is 37.9 Å². The van der Waals surface area contributed by atoms with Gasteiger partial charge in [0.15, 0.2) is 9.84 Å². The first-order valence-electron chi connectivity index (χ1n) is 10.2. The Bertz CT molecular complexity index is 1070. The number of amides is 1. The number of amidine groups is 1. The second kappa shape index (κ2) is 11.1. The molecule has 4 N–H and O–H groups in total. The summed E-state index contributed by atoms with van der Waals surface area (Å²) in [4.78, 5) is 14.5. The number of hydrogen-bond acceptors (Lipinski definition) is 7. The third-order valence-electron chi connectivity index (χ3n) is 5.35. The van der Waals surface area contributed by atoms with Crippen LogP contribution in [0.1, 0.15) is 37.4 Å². The highest BCUT2D eigenvalue weighted by atomic mass is 32.2. The van der Waals surface area contributed by atoms with E-state index in [1.165, 1.54) is 20.0 Å². The Balaban J connectivity index is 0.000000321. The van der Waals surface area contributed by atoms with Gasteiger partial charge in [-0.1, -0.05) is 0 Å². The standard InChI is InChI=1S/C15H21N3O4S.C7H8FNO/c1-15(2,14(16)17)23(20,21)8-10-5-6-22-13-4-3-11(18-9-19)7-12(10)13;1-6-2-3-7(4-9-6)10-5-8/h3-4,7,9-10H,5-6,8H2,1-2H3,(H3,16,17)(H,18,19);2-4H,5H2,1H3. The molecule has 1 amide bonds. The van der Waals surface area contributed by atoms with Gasteiger partial charge in [-0.15, -0.1) is 0 Å². The maximum atomic E-state index is 12.6. The fourth-order valence-corrected chi connectivity index (χ4v) is 4.67. The highest BCUT2D eigenvalue weighted by Crippen LogP contribution is 2.37. The molecule has 1 aliphatic rings. The van der Waals surface area contributed by atoms with Gasteiger partial charge >= 0.3 is 0 Å². The van der Waals surface area contributed by atoms with E-state index in [4.69, 9.17) is 15.9 Å². The molecule has 2 heterocycles. The van der Waals surface area contributed by atoms with Gasteiger partial charge in [-0.05, 0) is 57.5 Å². The number of benzene rings is 1. The summed E-state index contributed by atoms with van der Waals surface area (Å²) >= 11 is 0. The molecule has 3 rings (SSSR count). The second-order valence-corrected chi connectivity index (χ2v) is 10.5. The van der Waals surface area contributed by atoms with Crippen LogP contribution in [-0.4, -0.2) is 49.6 Å². The summed E-state index contributed by atoms with van der Waals surface area (Å²) in [5, 5.41) is 10.1. The number of fused-ring (bicyclic) bond motifs is 1. The quantitative estimate of drug-likeness (QED) is 0.299. The molecule has 0 aliphatic carbocycles. The van der Waals surface area contributed by atoms with Gasteiger partial charge in [-0.2, -0.15) is 0 Å². The van der Waals surface area contributed by atoms with E-state index in [1.54, 1.807) is 30.3 Å². The number of nitrogens with one attached hydrogen (secondary N) is 2. The molecule has 1 atom stereocenters. The van der Waals surface area contributed by atoms with Crippen LogP contribution >= 0.6 is 0 Å². The van der Waals surface area contributed by atoms with Crippen LogP contribution in [0.3, 0.4) is 0 Å². The Labute approximate surface area is 192 Å². The molecule has 0 spiro atoms. The normalized spacial score (nSPS) is 15.2. The number of nitrogens with two attached hydrogens (primary N) is 1. The minimum atomic E-state index is -3.62. The van der Waals surface area contributed by atoms with E-state index in [-0.39, 0.29) is 17.5 Å². The van der Waals surface area contributed by atoms with Crippen molar-refractivity contribution in [3.8, 4) is 11.5 Å². The second-order valence-electron chi connectivity index (χ2n) is 7.94. The molecule has 1 unspecified atom stereocenters. The Morgan fingerprint density at radius 3 is 2.70 bits per heavy atom. The fourth-order valence-electron chi connectivity index (χ4n) is 3.04. The van der Waals surface area contributed by atoms with Crippen LogP contribution in [0.4, 0.5) is 10.1 Å². The van der Waals surface area contributed by atoms with Crippen molar-refractivity contribution in [1.82, 2.24) is 4.98 Å². The molecule has 1 aromatic carbocycles. The number of halogens is 1. The van der Waals surface area contributed by atoms with E-state index in [0.717, 1.165) is 11.3 Å². The van der Waals surface area contributed by atoms with Crippen LogP contribution in [0.25, 0.3) is 0 Å². The number of anilines is 1. The van der Waals surface area contributed by atoms with Crippen LogP contribution in [0, 0.1) is 12.3 Å². The first-order chi connectivity index (χ1) is 15.5. The molecule has 2 aromatic rings. The van der Waals surface area contributed by atoms with Gasteiger partial charge in [0, 0.05) is 22.9 Å². The maximum absolute atomic E-state index is 12.6. The summed E-state index contributed by atoms with van der Waals surface area (Å²) in [6.45, 7) is 4.36. The molecule has 9 nitrogen and oxygen atoms in total. The number of aryl methyl sites for hydroxylation is 1. The average molecular weight is 481 g/mol. The van der Waals surface area contributed by atoms with Crippen LogP contribution in [0.15, 0.2) is 36.5 Å². The van der Waals surface area contributed by atoms with E-state index < -0.39 is 21.4 Å². The van der Waals surface area contributed by atoms with Crippen molar-refractivity contribution < 1.29 is 27.1 Å². The Morgan fingerprint density at radius 1 is 1.39 bits per heavy atom. The molecule has 33 heavy (non-hydrogen) atoms. The van der Waals surface area contributed by atoms with Gasteiger partial charge in [0.05, 0.1) is 18.6 Å². The van der Waals surface area contributed by atoms with E-state index in [1.807, 2.05) is 6.92 Å². The summed E-state index contributed by atoms with van der Waals surface area (Å²) in [6.07, 6.45) is 2.61. The van der Waals surface area contributed by atoms with Gasteiger partial charge in [-0.3, -0.25) is 15.2 Å². The average Bonchev–Trinajstić information content (AvgIpc) is 2.76. The molecule has 0 fully saturated rings. The number of ether oxygens (including phenoxy) is 2. The topological polar surface area (TPSA) is 144 Å². The minimum absolute atomic E-state index is 0.125. The number of pyridine rings is 1. The number of sulfone groups is 1. The molecular formula is C22H29FN4O5S. The number of hydrogen-bond donors (Lipinski definition) is 3. The molecule has 180 valence electrons. The number of carbonyl (C=O) groups excluding carboxylic acids is 1. The lowest BCUT2D eigenvalue weighted by Crippen LogP contribution is -2.47. The molecule has 1 aliphatic heterocycles. The molecule has 0 bridgehead atoms. The first-order valence-corrected chi connectivity index (χ1v) is 11.8. The monoisotopic (exact) mass is 480 g/mol.